The third-order valence-electron chi connectivity index (χ3n) is 3.43. The molecule has 0 fully saturated rings. The summed E-state index contributed by atoms with van der Waals surface area (Å²) in [6, 6.07) is -3.52. The Balaban J connectivity index is 4.41. The number of carbonyl (C=O) groups excluding carboxylic acids is 1. The second-order valence-corrected chi connectivity index (χ2v) is 7.00. The molecular weight excluding hydrogens is 346 g/mol. The highest BCUT2D eigenvalue weighted by atomic mass is 16.4. The zero-order valence-corrected chi connectivity index (χ0v) is 15.4. The van der Waals surface area contributed by atoms with Gasteiger partial charge in [0.2, 0.25) is 0 Å². The van der Waals surface area contributed by atoms with E-state index < -0.39 is 42.4 Å². The highest BCUT2D eigenvalue weighted by Gasteiger charge is 2.24. The van der Waals surface area contributed by atoms with Gasteiger partial charge in [-0.3, -0.25) is 4.79 Å². The van der Waals surface area contributed by atoms with Gasteiger partial charge in [0.25, 0.3) is 0 Å². The van der Waals surface area contributed by atoms with Crippen LogP contribution in [0.3, 0.4) is 0 Å². The minimum absolute atomic E-state index is 0.0356. The molecule has 0 aliphatic heterocycles. The largest absolute Gasteiger partial charge is 0.481 e. The normalized spacial score (nSPS) is 13.5. The molecule has 0 aromatic rings. The van der Waals surface area contributed by atoms with Gasteiger partial charge in [0.15, 0.2) is 0 Å². The molecule has 0 aromatic heterocycles. The number of carboxylic acid groups (broad SMARTS) is 3. The lowest BCUT2D eigenvalue weighted by atomic mass is 10.1. The maximum atomic E-state index is 11.8. The van der Waals surface area contributed by atoms with Crippen LogP contribution in [0.1, 0.15) is 52.9 Å². The summed E-state index contributed by atoms with van der Waals surface area (Å²) in [5.41, 5.74) is -0.0356. The predicted molar refractivity (Wildman–Crippen MR) is 93.0 cm³/mol. The molecule has 0 aromatic carbocycles. The van der Waals surface area contributed by atoms with Gasteiger partial charge in [0.05, 0.1) is 0 Å². The van der Waals surface area contributed by atoms with Crippen LogP contribution in [0.25, 0.3) is 0 Å². The highest BCUT2D eigenvalue weighted by molar-refractivity contribution is 5.86. The average molecular weight is 375 g/mol. The van der Waals surface area contributed by atoms with Crippen LogP contribution < -0.4 is 16.0 Å². The molecule has 10 heteroatoms. The van der Waals surface area contributed by atoms with E-state index in [4.69, 9.17) is 10.2 Å². The van der Waals surface area contributed by atoms with E-state index in [0.717, 1.165) is 6.42 Å². The fourth-order valence-electron chi connectivity index (χ4n) is 2.08. The molecule has 0 heterocycles. The molecule has 0 spiro atoms. The summed E-state index contributed by atoms with van der Waals surface area (Å²) in [6.45, 7) is 6.75. The zero-order chi connectivity index (χ0) is 20.3. The van der Waals surface area contributed by atoms with E-state index >= 15 is 0 Å². The van der Waals surface area contributed by atoms with Gasteiger partial charge in [-0.05, 0) is 53.0 Å². The van der Waals surface area contributed by atoms with Crippen LogP contribution in [-0.4, -0.2) is 63.4 Å². The van der Waals surface area contributed by atoms with Gasteiger partial charge < -0.3 is 31.3 Å². The van der Waals surface area contributed by atoms with Crippen molar-refractivity contribution >= 4 is 23.9 Å². The number of hydrogen-bond donors (Lipinski definition) is 6. The molecule has 6 N–H and O–H groups in total. The first-order valence-electron chi connectivity index (χ1n) is 8.42. The molecule has 0 aliphatic rings. The van der Waals surface area contributed by atoms with E-state index in [9.17, 15) is 24.3 Å². The summed E-state index contributed by atoms with van der Waals surface area (Å²) in [5.74, 6) is -3.80. The SMILES string of the molecule is CC(C)(C)NCCCC[C@H](NC(=O)N[C@@H](CCC(=O)O)C(=O)O)C(=O)O. The number of hydrogen-bond acceptors (Lipinski definition) is 5. The van der Waals surface area contributed by atoms with Crippen molar-refractivity contribution in [3.8, 4) is 0 Å². The van der Waals surface area contributed by atoms with Crippen molar-refractivity contribution in [2.24, 2.45) is 0 Å². The summed E-state index contributed by atoms with van der Waals surface area (Å²) >= 11 is 0. The Kier molecular flexibility index (Phi) is 10.3. The Bertz CT molecular complexity index is 503. The van der Waals surface area contributed by atoms with Gasteiger partial charge in [-0.25, -0.2) is 14.4 Å². The molecule has 10 nitrogen and oxygen atoms in total. The van der Waals surface area contributed by atoms with Crippen LogP contribution >= 0.6 is 0 Å². The molecule has 0 rings (SSSR count). The molecular formula is C16H29N3O7. The Morgan fingerprint density at radius 2 is 1.35 bits per heavy atom. The Morgan fingerprint density at radius 3 is 1.77 bits per heavy atom. The number of nitrogens with one attached hydrogen (secondary N) is 3. The first-order valence-corrected chi connectivity index (χ1v) is 8.42. The van der Waals surface area contributed by atoms with Crippen LogP contribution in [0.5, 0.6) is 0 Å². The van der Waals surface area contributed by atoms with Crippen molar-refractivity contribution in [2.75, 3.05) is 6.54 Å². The average Bonchev–Trinajstić information content (AvgIpc) is 2.48. The minimum atomic E-state index is -1.41. The van der Waals surface area contributed by atoms with E-state index in [1.807, 2.05) is 20.8 Å². The lowest BCUT2D eigenvalue weighted by Gasteiger charge is -2.21. The molecule has 2 atom stereocenters. The monoisotopic (exact) mass is 375 g/mol. The minimum Gasteiger partial charge on any atom is -0.481 e. The Morgan fingerprint density at radius 1 is 0.846 bits per heavy atom. The second kappa shape index (κ2) is 11.3. The van der Waals surface area contributed by atoms with Crippen LogP contribution in [0.4, 0.5) is 4.79 Å². The van der Waals surface area contributed by atoms with Crippen molar-refractivity contribution in [1.29, 1.82) is 0 Å². The fraction of sp³-hybridized carbons (Fsp3) is 0.750. The van der Waals surface area contributed by atoms with Crippen molar-refractivity contribution < 1.29 is 34.5 Å². The van der Waals surface area contributed by atoms with E-state index in [1.54, 1.807) is 0 Å². The number of unbranched alkanes of at least 4 members (excludes halogenated alkanes) is 1. The second-order valence-electron chi connectivity index (χ2n) is 7.00. The third kappa shape index (κ3) is 12.1. The molecule has 26 heavy (non-hydrogen) atoms. The topological polar surface area (TPSA) is 165 Å². The summed E-state index contributed by atoms with van der Waals surface area (Å²) in [5, 5.41) is 34.3. The van der Waals surface area contributed by atoms with E-state index in [2.05, 4.69) is 16.0 Å². The van der Waals surface area contributed by atoms with Crippen molar-refractivity contribution in [3.05, 3.63) is 0 Å². The predicted octanol–water partition coefficient (Wildman–Crippen LogP) is 0.615. The first kappa shape index (κ1) is 23.6. The Hall–Kier alpha value is -2.36. The van der Waals surface area contributed by atoms with E-state index in [0.29, 0.717) is 13.0 Å². The van der Waals surface area contributed by atoms with Gasteiger partial charge in [-0.15, -0.1) is 0 Å². The quantitative estimate of drug-likeness (QED) is 0.270. The van der Waals surface area contributed by atoms with Crippen LogP contribution in [0.2, 0.25) is 0 Å². The number of urea groups is 1. The van der Waals surface area contributed by atoms with E-state index in [-0.39, 0.29) is 18.4 Å². The third-order valence-corrected chi connectivity index (χ3v) is 3.43. The molecule has 0 saturated heterocycles. The molecule has 0 unspecified atom stereocenters. The van der Waals surface area contributed by atoms with Crippen molar-refractivity contribution in [1.82, 2.24) is 16.0 Å². The molecule has 0 bridgehead atoms. The van der Waals surface area contributed by atoms with Crippen molar-refractivity contribution in [3.63, 3.8) is 0 Å². The molecule has 0 saturated carbocycles. The summed E-state index contributed by atoms with van der Waals surface area (Å²) in [7, 11) is 0. The highest BCUT2D eigenvalue weighted by Crippen LogP contribution is 2.04. The molecule has 0 aliphatic carbocycles. The first-order chi connectivity index (χ1) is 11.9. The van der Waals surface area contributed by atoms with Gasteiger partial charge in [0.1, 0.15) is 12.1 Å². The maximum Gasteiger partial charge on any atom is 0.326 e. The number of amides is 2. The number of carbonyl (C=O) groups is 4. The summed E-state index contributed by atoms with van der Waals surface area (Å²) in [4.78, 5) is 44.6. The van der Waals surface area contributed by atoms with Crippen molar-refractivity contribution in [2.45, 2.75) is 70.5 Å². The fourth-order valence-corrected chi connectivity index (χ4v) is 2.08. The maximum absolute atomic E-state index is 11.8. The molecule has 2 amide bonds. The van der Waals surface area contributed by atoms with Gasteiger partial charge in [-0.1, -0.05) is 0 Å². The van der Waals surface area contributed by atoms with Gasteiger partial charge in [-0.2, -0.15) is 0 Å². The number of aliphatic carboxylic acids is 3. The number of rotatable bonds is 12. The zero-order valence-electron chi connectivity index (χ0n) is 15.4. The molecule has 150 valence electrons. The van der Waals surface area contributed by atoms with Gasteiger partial charge in [0, 0.05) is 12.0 Å². The van der Waals surface area contributed by atoms with E-state index in [1.165, 1.54) is 0 Å². The summed E-state index contributed by atoms with van der Waals surface area (Å²) in [6.07, 6.45) is 0.749. The lowest BCUT2D eigenvalue weighted by Crippen LogP contribution is -2.51. The smallest absolute Gasteiger partial charge is 0.326 e. The summed E-state index contributed by atoms with van der Waals surface area (Å²) < 4.78 is 0. The molecule has 0 radical (unpaired) electrons. The number of carboxylic acids is 3. The standard InChI is InChI=1S/C16H29N3O7/c1-16(2,3)17-9-5-4-6-10(13(22)23)18-15(26)19-11(14(24)25)7-8-12(20)21/h10-11,17H,4-9H2,1-3H3,(H,20,21)(H,22,23)(H,24,25)(H2,18,19,26)/t10-,11-/m0/s1. The van der Waals surface area contributed by atoms with Crippen LogP contribution in [0, 0.1) is 0 Å². The Labute approximate surface area is 152 Å². The van der Waals surface area contributed by atoms with Crippen LogP contribution in [-0.2, 0) is 14.4 Å². The lowest BCUT2D eigenvalue weighted by molar-refractivity contribution is -0.140. The van der Waals surface area contributed by atoms with Gasteiger partial charge >= 0.3 is 23.9 Å². The van der Waals surface area contributed by atoms with Crippen LogP contribution in [0.15, 0.2) is 0 Å².